The van der Waals surface area contributed by atoms with Crippen molar-refractivity contribution in [3.05, 3.63) is 148 Å². The summed E-state index contributed by atoms with van der Waals surface area (Å²) in [5, 5.41) is 14.5. The van der Waals surface area contributed by atoms with E-state index in [0.29, 0.717) is 22.3 Å². The maximum Gasteiger partial charge on any atom is 0.328 e. The van der Waals surface area contributed by atoms with Crippen LogP contribution in [0.5, 0.6) is 0 Å². The van der Waals surface area contributed by atoms with Crippen LogP contribution in [0, 0.1) is 10.1 Å². The van der Waals surface area contributed by atoms with Crippen molar-refractivity contribution in [2.24, 2.45) is 0 Å². The van der Waals surface area contributed by atoms with Gasteiger partial charge in [-0.05, 0) is 16.7 Å². The number of benzene rings is 4. The zero-order valence-corrected chi connectivity index (χ0v) is 20.2. The third kappa shape index (κ3) is 5.11. The van der Waals surface area contributed by atoms with Crippen molar-refractivity contribution in [3.63, 3.8) is 0 Å². The lowest BCUT2D eigenvalue weighted by Gasteiger charge is -2.35. The third-order valence-electron chi connectivity index (χ3n) is 6.36. The van der Waals surface area contributed by atoms with Gasteiger partial charge in [0.05, 0.1) is 12.0 Å². The fourth-order valence-corrected chi connectivity index (χ4v) is 4.64. The van der Waals surface area contributed by atoms with Crippen molar-refractivity contribution >= 4 is 17.6 Å². The second-order valence-corrected chi connectivity index (χ2v) is 8.49. The molecule has 0 aliphatic heterocycles. The van der Waals surface area contributed by atoms with E-state index in [-0.39, 0.29) is 12.1 Å². The molecule has 0 heterocycles. The number of amides is 1. The second kappa shape index (κ2) is 11.3. The highest BCUT2D eigenvalue weighted by molar-refractivity contribution is 5.98. The molecule has 0 fully saturated rings. The topological polar surface area (TPSA) is 98.5 Å². The predicted molar refractivity (Wildman–Crippen MR) is 140 cm³/mol. The molecule has 186 valence electrons. The van der Waals surface area contributed by atoms with Crippen LogP contribution in [-0.2, 0) is 26.2 Å². The molecule has 37 heavy (non-hydrogen) atoms. The van der Waals surface area contributed by atoms with Crippen molar-refractivity contribution in [3.8, 4) is 0 Å². The minimum Gasteiger partial charge on any atom is -0.467 e. The first kappa shape index (κ1) is 25.3. The summed E-state index contributed by atoms with van der Waals surface area (Å²) >= 11 is 0. The van der Waals surface area contributed by atoms with E-state index in [1.165, 1.54) is 13.2 Å². The van der Waals surface area contributed by atoms with E-state index < -0.39 is 28.3 Å². The number of carbonyl (C=O) groups is 2. The molecule has 1 amide bonds. The smallest absolute Gasteiger partial charge is 0.328 e. The first-order valence-corrected chi connectivity index (χ1v) is 11.8. The molecule has 0 spiro atoms. The van der Waals surface area contributed by atoms with Crippen molar-refractivity contribution < 1.29 is 19.2 Å². The largest absolute Gasteiger partial charge is 0.467 e. The number of nitro benzene ring substituents is 1. The van der Waals surface area contributed by atoms with Gasteiger partial charge in [0.2, 0.25) is 5.91 Å². The Bertz CT molecular complexity index is 1280. The van der Waals surface area contributed by atoms with Gasteiger partial charge in [-0.2, -0.15) is 0 Å². The molecule has 1 N–H and O–H groups in total. The number of methoxy groups -OCH3 is 1. The quantitative estimate of drug-likeness (QED) is 0.156. The van der Waals surface area contributed by atoms with Crippen molar-refractivity contribution in [2.45, 2.75) is 17.9 Å². The van der Waals surface area contributed by atoms with Crippen molar-refractivity contribution in [1.29, 1.82) is 0 Å². The molecule has 0 aromatic heterocycles. The van der Waals surface area contributed by atoms with Gasteiger partial charge in [-0.15, -0.1) is 0 Å². The molecular weight excluding hydrogens is 468 g/mol. The number of esters is 1. The molecule has 0 bridgehead atoms. The number of nitrogens with zero attached hydrogens (tertiary/aromatic N) is 1. The number of nitro groups is 1. The van der Waals surface area contributed by atoms with E-state index in [0.717, 1.165) is 0 Å². The summed E-state index contributed by atoms with van der Waals surface area (Å²) in [6, 6.07) is 32.9. The zero-order valence-electron chi connectivity index (χ0n) is 20.2. The zero-order chi connectivity index (χ0) is 26.3. The molecular formula is C30H26N2O5. The van der Waals surface area contributed by atoms with Gasteiger partial charge in [-0.1, -0.05) is 109 Å². The first-order chi connectivity index (χ1) is 18.0. The summed E-state index contributed by atoms with van der Waals surface area (Å²) in [5.41, 5.74) is 0.996. The number of para-hydroxylation sites is 1. The standard InChI is InChI=1S/C30H26N2O5/c1-37-28(33)26(21-22-13-11-12-20-27(22)32(35)36)31-29(34)30(23-14-5-2-6-15-23,24-16-7-3-8-17-24)25-18-9-4-10-19-25/h2-20,26H,21H2,1H3,(H,31,34)/t26-/m1/s1. The molecule has 0 saturated heterocycles. The minimum absolute atomic E-state index is 0.107. The van der Waals surface area contributed by atoms with Gasteiger partial charge in [0.25, 0.3) is 5.69 Å². The van der Waals surface area contributed by atoms with Gasteiger partial charge in [-0.25, -0.2) is 4.79 Å². The number of hydrogen-bond acceptors (Lipinski definition) is 5. The van der Waals surface area contributed by atoms with Crippen molar-refractivity contribution in [1.82, 2.24) is 5.32 Å². The Kier molecular flexibility index (Phi) is 7.74. The van der Waals surface area contributed by atoms with Crippen LogP contribution >= 0.6 is 0 Å². The highest BCUT2D eigenvalue weighted by atomic mass is 16.6. The summed E-state index contributed by atoms with van der Waals surface area (Å²) in [4.78, 5) is 38.4. The second-order valence-electron chi connectivity index (χ2n) is 8.49. The third-order valence-corrected chi connectivity index (χ3v) is 6.36. The molecule has 0 aliphatic rings. The van der Waals surface area contributed by atoms with E-state index in [1.807, 2.05) is 91.0 Å². The van der Waals surface area contributed by atoms with Crippen molar-refractivity contribution in [2.75, 3.05) is 7.11 Å². The molecule has 0 aliphatic carbocycles. The van der Waals surface area contributed by atoms with Crippen LogP contribution in [0.25, 0.3) is 0 Å². The van der Waals surface area contributed by atoms with Gasteiger partial charge >= 0.3 is 5.97 Å². The maximum absolute atomic E-state index is 14.5. The Hall–Kier alpha value is -4.78. The Balaban J connectivity index is 1.86. The molecule has 7 heteroatoms. The van der Waals surface area contributed by atoms with Crippen LogP contribution in [-0.4, -0.2) is 30.0 Å². The summed E-state index contributed by atoms with van der Waals surface area (Å²) in [7, 11) is 1.22. The summed E-state index contributed by atoms with van der Waals surface area (Å²) in [6.07, 6.45) is -0.107. The molecule has 0 radical (unpaired) electrons. The monoisotopic (exact) mass is 494 g/mol. The van der Waals surface area contributed by atoms with E-state index in [2.05, 4.69) is 5.32 Å². The molecule has 4 aromatic rings. The van der Waals surface area contributed by atoms with Crippen LogP contribution in [0.4, 0.5) is 5.69 Å². The Labute approximate surface area is 214 Å². The van der Waals surface area contributed by atoms with Gasteiger partial charge < -0.3 is 10.1 Å². The van der Waals surface area contributed by atoms with Crippen LogP contribution < -0.4 is 5.32 Å². The molecule has 4 aromatic carbocycles. The van der Waals surface area contributed by atoms with Gasteiger partial charge in [-0.3, -0.25) is 14.9 Å². The summed E-state index contributed by atoms with van der Waals surface area (Å²) in [5.74, 6) is -1.15. The van der Waals surface area contributed by atoms with E-state index in [1.54, 1.807) is 18.2 Å². The average molecular weight is 495 g/mol. The Morgan fingerprint density at radius 2 is 1.22 bits per heavy atom. The van der Waals surface area contributed by atoms with E-state index >= 15 is 0 Å². The normalized spacial score (nSPS) is 11.8. The predicted octanol–water partition coefficient (Wildman–Crippen LogP) is 4.83. The van der Waals surface area contributed by atoms with Crippen LogP contribution in [0.15, 0.2) is 115 Å². The molecule has 0 saturated carbocycles. The number of hydrogen-bond donors (Lipinski definition) is 1. The van der Waals surface area contributed by atoms with Gasteiger partial charge in [0.15, 0.2) is 0 Å². The minimum atomic E-state index is -1.31. The highest BCUT2D eigenvalue weighted by Crippen LogP contribution is 2.39. The van der Waals surface area contributed by atoms with Gasteiger partial charge in [0, 0.05) is 18.1 Å². The molecule has 1 atom stereocenters. The Morgan fingerprint density at radius 3 is 1.65 bits per heavy atom. The van der Waals surface area contributed by atoms with Crippen LogP contribution in [0.3, 0.4) is 0 Å². The van der Waals surface area contributed by atoms with Crippen LogP contribution in [0.1, 0.15) is 22.3 Å². The summed E-state index contributed by atoms with van der Waals surface area (Å²) < 4.78 is 4.99. The Morgan fingerprint density at radius 1 is 0.784 bits per heavy atom. The van der Waals surface area contributed by atoms with Gasteiger partial charge in [0.1, 0.15) is 11.5 Å². The first-order valence-electron chi connectivity index (χ1n) is 11.8. The SMILES string of the molecule is COC(=O)[C@@H](Cc1ccccc1[N+](=O)[O-])NC(=O)C(c1ccccc1)(c1ccccc1)c1ccccc1. The van der Waals surface area contributed by atoms with Crippen LogP contribution in [0.2, 0.25) is 0 Å². The lowest BCUT2D eigenvalue weighted by molar-refractivity contribution is -0.385. The number of rotatable bonds is 9. The lowest BCUT2D eigenvalue weighted by Crippen LogP contribution is -2.52. The lowest BCUT2D eigenvalue weighted by atomic mass is 9.68. The summed E-state index contributed by atoms with van der Waals surface area (Å²) in [6.45, 7) is 0. The average Bonchev–Trinajstić information content (AvgIpc) is 2.94. The maximum atomic E-state index is 14.5. The number of ether oxygens (including phenoxy) is 1. The van der Waals surface area contributed by atoms with E-state index in [9.17, 15) is 19.7 Å². The fourth-order valence-electron chi connectivity index (χ4n) is 4.64. The van der Waals surface area contributed by atoms with E-state index in [4.69, 9.17) is 4.74 Å². The highest BCUT2D eigenvalue weighted by Gasteiger charge is 2.45. The number of carbonyl (C=O) groups excluding carboxylic acids is 2. The number of nitrogens with one attached hydrogen (secondary N) is 1. The molecule has 4 rings (SSSR count). The molecule has 7 nitrogen and oxygen atoms in total. The fraction of sp³-hybridized carbons (Fsp3) is 0.133. The molecule has 0 unspecified atom stereocenters.